The standard InChI is InChI=1S/C19H14N4O3/c20-11-14(18-22-15-3-1-2-4-16(15)26-18)17(24)12-5-7-13(8-6-12)23-10-9-21-19(23)25/h1-8,14H,9-10H2,(H,21,25)/t14-/m1/s1. The monoisotopic (exact) mass is 346 g/mol. The highest BCUT2D eigenvalue weighted by atomic mass is 16.3. The summed E-state index contributed by atoms with van der Waals surface area (Å²) in [5.74, 6) is -1.43. The van der Waals surface area contributed by atoms with Crippen molar-refractivity contribution in [3.05, 3.63) is 60.0 Å². The highest BCUT2D eigenvalue weighted by Gasteiger charge is 2.28. The molecule has 1 saturated heterocycles. The first-order valence-electron chi connectivity index (χ1n) is 8.12. The quantitative estimate of drug-likeness (QED) is 0.732. The first-order chi connectivity index (χ1) is 12.7. The second kappa shape index (κ2) is 6.33. The zero-order valence-electron chi connectivity index (χ0n) is 13.7. The number of hydrogen-bond acceptors (Lipinski definition) is 5. The number of fused-ring (bicyclic) bond motifs is 1. The van der Waals surface area contributed by atoms with Gasteiger partial charge in [-0.2, -0.15) is 5.26 Å². The molecule has 7 heteroatoms. The van der Waals surface area contributed by atoms with Crippen molar-refractivity contribution in [2.75, 3.05) is 18.0 Å². The van der Waals surface area contributed by atoms with Crippen molar-refractivity contribution < 1.29 is 14.0 Å². The molecule has 1 aliphatic heterocycles. The van der Waals surface area contributed by atoms with Gasteiger partial charge in [0.1, 0.15) is 5.52 Å². The van der Waals surface area contributed by atoms with Gasteiger partial charge in [-0.3, -0.25) is 9.69 Å². The summed E-state index contributed by atoms with van der Waals surface area (Å²) < 4.78 is 5.57. The van der Waals surface area contributed by atoms with Crippen LogP contribution in [0.15, 0.2) is 52.9 Å². The van der Waals surface area contributed by atoms with E-state index in [-0.39, 0.29) is 11.9 Å². The maximum atomic E-state index is 12.7. The smallest absolute Gasteiger partial charge is 0.321 e. The maximum Gasteiger partial charge on any atom is 0.321 e. The molecule has 128 valence electrons. The Bertz CT molecular complexity index is 1000. The topological polar surface area (TPSA) is 99.2 Å². The Morgan fingerprint density at radius 2 is 2.00 bits per heavy atom. The van der Waals surface area contributed by atoms with Gasteiger partial charge in [-0.1, -0.05) is 12.1 Å². The minimum atomic E-state index is -1.12. The number of benzene rings is 2. The summed E-state index contributed by atoms with van der Waals surface area (Å²) in [7, 11) is 0. The molecule has 4 rings (SSSR count). The number of nitriles is 1. The molecule has 7 nitrogen and oxygen atoms in total. The molecule has 3 aromatic rings. The van der Waals surface area contributed by atoms with E-state index >= 15 is 0 Å². The Balaban J connectivity index is 1.61. The number of oxazole rings is 1. The van der Waals surface area contributed by atoms with Crippen molar-refractivity contribution in [1.82, 2.24) is 10.3 Å². The minimum absolute atomic E-state index is 0.0849. The number of para-hydroxylation sites is 2. The summed E-state index contributed by atoms with van der Waals surface area (Å²) in [6.45, 7) is 1.17. The lowest BCUT2D eigenvalue weighted by Crippen LogP contribution is -2.27. The lowest BCUT2D eigenvalue weighted by atomic mass is 9.98. The first kappa shape index (κ1) is 15.8. The lowest BCUT2D eigenvalue weighted by molar-refractivity contribution is 0.0970. The Kier molecular flexibility index (Phi) is 3.86. The Morgan fingerprint density at radius 1 is 1.23 bits per heavy atom. The van der Waals surface area contributed by atoms with Crippen LogP contribution in [0.25, 0.3) is 11.1 Å². The number of Topliss-reactive ketones (excluding diaryl/α,β-unsaturated/α-hetero) is 1. The molecule has 0 spiro atoms. The van der Waals surface area contributed by atoms with Gasteiger partial charge in [0.15, 0.2) is 17.3 Å². The number of anilines is 1. The Morgan fingerprint density at radius 3 is 2.65 bits per heavy atom. The molecule has 0 bridgehead atoms. The maximum absolute atomic E-state index is 12.7. The van der Waals surface area contributed by atoms with Crippen molar-refractivity contribution in [2.45, 2.75) is 5.92 Å². The zero-order valence-corrected chi connectivity index (χ0v) is 13.7. The number of rotatable bonds is 4. The third kappa shape index (κ3) is 2.67. The summed E-state index contributed by atoms with van der Waals surface area (Å²) in [6.07, 6.45) is 0. The number of nitrogens with zero attached hydrogens (tertiary/aromatic N) is 3. The molecule has 0 radical (unpaired) electrons. The largest absolute Gasteiger partial charge is 0.439 e. The molecule has 0 saturated carbocycles. The van der Waals surface area contributed by atoms with Crippen molar-refractivity contribution in [2.24, 2.45) is 0 Å². The fraction of sp³-hybridized carbons (Fsp3) is 0.158. The van der Waals surface area contributed by atoms with Crippen LogP contribution in [0.1, 0.15) is 22.2 Å². The number of aromatic nitrogens is 1. The Hall–Kier alpha value is -3.66. The SMILES string of the molecule is N#C[C@H](C(=O)c1ccc(N2CCNC2=O)cc1)c1nc2ccccc2o1. The average molecular weight is 346 g/mol. The summed E-state index contributed by atoms with van der Waals surface area (Å²) in [6, 6.07) is 15.5. The molecule has 1 aliphatic rings. The van der Waals surface area contributed by atoms with Crippen LogP contribution in [0.2, 0.25) is 0 Å². The van der Waals surface area contributed by atoms with E-state index in [1.54, 1.807) is 47.4 Å². The summed E-state index contributed by atoms with van der Waals surface area (Å²) in [5.41, 5.74) is 2.20. The molecular weight excluding hydrogens is 332 g/mol. The molecular formula is C19H14N4O3. The van der Waals surface area contributed by atoms with Crippen LogP contribution in [0.3, 0.4) is 0 Å². The van der Waals surface area contributed by atoms with Crippen LogP contribution in [0, 0.1) is 11.3 Å². The molecule has 1 atom stereocenters. The van der Waals surface area contributed by atoms with E-state index in [0.717, 1.165) is 0 Å². The van der Waals surface area contributed by atoms with Crippen LogP contribution in [0.5, 0.6) is 0 Å². The van der Waals surface area contributed by atoms with E-state index < -0.39 is 11.7 Å². The third-order valence-corrected chi connectivity index (χ3v) is 4.27. The molecule has 2 aromatic carbocycles. The van der Waals surface area contributed by atoms with Crippen LogP contribution in [-0.2, 0) is 0 Å². The lowest BCUT2D eigenvalue weighted by Gasteiger charge is -2.14. The van der Waals surface area contributed by atoms with E-state index in [0.29, 0.717) is 35.4 Å². The fourth-order valence-electron chi connectivity index (χ4n) is 2.93. The molecule has 0 unspecified atom stereocenters. The molecule has 2 heterocycles. The second-order valence-corrected chi connectivity index (χ2v) is 5.88. The van der Waals surface area contributed by atoms with Gasteiger partial charge in [0.25, 0.3) is 0 Å². The number of nitrogens with one attached hydrogen (secondary N) is 1. The number of carbonyl (C=O) groups excluding carboxylic acids is 2. The molecule has 1 aromatic heterocycles. The van der Waals surface area contributed by atoms with E-state index in [9.17, 15) is 14.9 Å². The van der Waals surface area contributed by atoms with Gasteiger partial charge >= 0.3 is 6.03 Å². The number of ketones is 1. The minimum Gasteiger partial charge on any atom is -0.439 e. The zero-order chi connectivity index (χ0) is 18.1. The highest BCUT2D eigenvalue weighted by Crippen LogP contribution is 2.25. The highest BCUT2D eigenvalue weighted by molar-refractivity contribution is 6.03. The van der Waals surface area contributed by atoms with Crippen molar-refractivity contribution in [3.8, 4) is 6.07 Å². The van der Waals surface area contributed by atoms with Crippen molar-refractivity contribution in [1.29, 1.82) is 5.26 Å². The number of urea groups is 1. The normalized spacial score (nSPS) is 14.9. The van der Waals surface area contributed by atoms with Gasteiger partial charge in [-0.05, 0) is 36.4 Å². The van der Waals surface area contributed by atoms with Gasteiger partial charge in [-0.15, -0.1) is 0 Å². The Labute approximate surface area is 148 Å². The molecule has 0 aliphatic carbocycles. The summed E-state index contributed by atoms with van der Waals surface area (Å²) >= 11 is 0. The number of amides is 2. The first-order valence-corrected chi connectivity index (χ1v) is 8.12. The summed E-state index contributed by atoms with van der Waals surface area (Å²) in [4.78, 5) is 30.3. The van der Waals surface area contributed by atoms with Gasteiger partial charge in [0.05, 0.1) is 6.07 Å². The van der Waals surface area contributed by atoms with E-state index in [1.807, 2.05) is 12.1 Å². The molecule has 1 fully saturated rings. The van der Waals surface area contributed by atoms with E-state index in [2.05, 4.69) is 10.3 Å². The predicted octanol–water partition coefficient (Wildman–Crippen LogP) is 2.85. The van der Waals surface area contributed by atoms with Crippen LogP contribution in [0.4, 0.5) is 10.5 Å². The molecule has 1 N–H and O–H groups in total. The molecule has 2 amide bonds. The number of hydrogen-bond donors (Lipinski definition) is 1. The van der Waals surface area contributed by atoms with E-state index in [1.165, 1.54) is 0 Å². The van der Waals surface area contributed by atoms with Crippen LogP contribution < -0.4 is 10.2 Å². The average Bonchev–Trinajstić information content (AvgIpc) is 3.28. The van der Waals surface area contributed by atoms with Gasteiger partial charge in [-0.25, -0.2) is 9.78 Å². The predicted molar refractivity (Wildman–Crippen MR) is 93.9 cm³/mol. The van der Waals surface area contributed by atoms with E-state index in [4.69, 9.17) is 4.42 Å². The fourth-order valence-corrected chi connectivity index (χ4v) is 2.93. The molecule has 26 heavy (non-hydrogen) atoms. The third-order valence-electron chi connectivity index (χ3n) is 4.27. The van der Waals surface area contributed by atoms with Gasteiger partial charge < -0.3 is 9.73 Å². The van der Waals surface area contributed by atoms with Crippen molar-refractivity contribution >= 4 is 28.6 Å². The van der Waals surface area contributed by atoms with Gasteiger partial charge in [0, 0.05) is 24.3 Å². The summed E-state index contributed by atoms with van der Waals surface area (Å²) in [5, 5.41) is 12.2. The van der Waals surface area contributed by atoms with Crippen molar-refractivity contribution in [3.63, 3.8) is 0 Å². The van der Waals surface area contributed by atoms with Crippen LogP contribution in [-0.4, -0.2) is 29.9 Å². The van der Waals surface area contributed by atoms with Crippen LogP contribution >= 0.6 is 0 Å². The number of carbonyl (C=O) groups is 2. The van der Waals surface area contributed by atoms with Gasteiger partial charge in [0.2, 0.25) is 5.89 Å². The second-order valence-electron chi connectivity index (χ2n) is 5.88.